The molecule has 16 heteroatoms. The van der Waals surface area contributed by atoms with E-state index in [0.29, 0.717) is 0 Å². The molecule has 0 amide bonds. The van der Waals surface area contributed by atoms with Crippen molar-refractivity contribution in [1.82, 2.24) is 0 Å². The normalized spacial score (nSPS) is 11.2. The summed E-state index contributed by atoms with van der Waals surface area (Å²) in [7, 11) is -14.8. The average molecular weight is 438 g/mol. The molecule has 0 heterocycles. The fraction of sp³-hybridized carbons (Fsp3) is 0. The Bertz CT molecular complexity index is 91.3. The minimum absolute atomic E-state index is 0. The fourth-order valence-corrected chi connectivity index (χ4v) is 0. The minimum Gasteiger partial charge on any atom is -0.222 e. The fourth-order valence-electron chi connectivity index (χ4n) is 0. The van der Waals surface area contributed by atoms with Crippen LogP contribution in [0, 0.1) is 72.5 Å². The van der Waals surface area contributed by atoms with Gasteiger partial charge in [0, 0.05) is 0 Å². The minimum atomic E-state index is -4.94. The molecule has 97 valence electrons. The van der Waals surface area contributed by atoms with Crippen molar-refractivity contribution in [2.24, 2.45) is 0 Å². The van der Waals surface area contributed by atoms with E-state index in [2.05, 4.69) is 0 Å². The molecule has 0 N–H and O–H groups in total. The Hall–Kier alpha value is 1.77. The first-order valence-corrected chi connectivity index (χ1v) is 5.55. The van der Waals surface area contributed by atoms with Gasteiger partial charge in [-0.3, -0.25) is 0 Å². The van der Waals surface area contributed by atoms with Gasteiger partial charge >= 0.3 is 41.7 Å². The van der Waals surface area contributed by atoms with Crippen LogP contribution < -0.4 is 55.9 Å². The van der Waals surface area contributed by atoms with Gasteiger partial charge in [0.1, 0.15) is 0 Å². The first-order chi connectivity index (χ1) is 6.00. The molecule has 0 aromatic heterocycles. The van der Waals surface area contributed by atoms with Crippen LogP contribution in [-0.2, 0) is 0 Å². The summed E-state index contributed by atoms with van der Waals surface area (Å²) in [4.78, 5) is 0. The summed E-state index contributed by atoms with van der Waals surface area (Å²) < 4.78 is 102. The van der Waals surface area contributed by atoms with Crippen LogP contribution in [-0.4, -0.2) is 0 Å². The van der Waals surface area contributed by atoms with Crippen molar-refractivity contribution in [1.29, 1.82) is 0 Å². The van der Waals surface area contributed by atoms with E-state index in [1.165, 1.54) is 0 Å². The Kier molecular flexibility index (Phi) is 17.6. The summed E-state index contributed by atoms with van der Waals surface area (Å²) in [5.74, 6) is 0. The Morgan fingerprint density at radius 2 is 0.312 bits per heavy atom. The van der Waals surface area contributed by atoms with Gasteiger partial charge in [0.25, 0.3) is 0 Å². The first kappa shape index (κ1) is 26.4. The van der Waals surface area contributed by atoms with Gasteiger partial charge in [0.15, 0.2) is 0 Å². The molecule has 0 atom stereocenters. The zero-order valence-corrected chi connectivity index (χ0v) is 11.9. The quantitative estimate of drug-likeness (QED) is 0.340. The van der Waals surface area contributed by atoms with Crippen molar-refractivity contribution in [3.8, 4) is 0 Å². The summed E-state index contributed by atoms with van der Waals surface area (Å²) in [6.45, 7) is 0. The predicted octanol–water partition coefficient (Wildman–Crippen LogP) is -14.3. The Morgan fingerprint density at radius 1 is 0.312 bits per heavy atom. The zero-order chi connectivity index (χ0) is 13.5. The molecule has 0 fully saturated rings. The molecule has 0 spiro atoms. The van der Waals surface area contributed by atoms with Gasteiger partial charge in [0.2, 0.25) is 0 Å². The van der Waals surface area contributed by atoms with Gasteiger partial charge in [-0.05, 0) is 0 Å². The molecule has 0 saturated carbocycles. The number of hydrogen-bond donors (Lipinski definition) is 0. The molecular formula is CeCl3O12. The third-order valence-electron chi connectivity index (χ3n) is 0. The van der Waals surface area contributed by atoms with Crippen molar-refractivity contribution in [2.75, 3.05) is 0 Å². The van der Waals surface area contributed by atoms with Gasteiger partial charge in [-0.1, -0.05) is 0 Å². The molecule has 0 aliphatic heterocycles. The molecule has 0 aliphatic carbocycles. The van der Waals surface area contributed by atoms with Crippen LogP contribution in [0.25, 0.3) is 0 Å². The third kappa shape index (κ3) is 1100. The van der Waals surface area contributed by atoms with E-state index in [9.17, 15) is 0 Å². The second kappa shape index (κ2) is 10.7. The summed E-state index contributed by atoms with van der Waals surface area (Å²) >= 11 is 0. The van der Waals surface area contributed by atoms with Crippen molar-refractivity contribution < 1.29 is 128 Å². The van der Waals surface area contributed by atoms with E-state index in [1.54, 1.807) is 0 Å². The zero-order valence-electron chi connectivity index (χ0n) is 6.53. The molecule has 16 heavy (non-hydrogen) atoms. The van der Waals surface area contributed by atoms with Crippen molar-refractivity contribution in [2.45, 2.75) is 0 Å². The Morgan fingerprint density at radius 3 is 0.312 bits per heavy atom. The molecule has 0 unspecified atom stereocenters. The van der Waals surface area contributed by atoms with E-state index < -0.39 is 30.7 Å². The largest absolute Gasteiger partial charge is 3.00 e. The van der Waals surface area contributed by atoms with Gasteiger partial charge < -0.3 is 0 Å². The molecule has 0 aromatic carbocycles. The Labute approximate surface area is 127 Å². The smallest absolute Gasteiger partial charge is 0.222 e. The molecule has 1 radical (unpaired) electrons. The number of hydrogen-bond acceptors (Lipinski definition) is 12. The topological polar surface area (TPSA) is 277 Å². The molecule has 0 rings (SSSR count). The summed E-state index contributed by atoms with van der Waals surface area (Å²) in [6, 6.07) is 0. The maximum atomic E-state index is 8.49. The van der Waals surface area contributed by atoms with Crippen LogP contribution in [0.3, 0.4) is 0 Å². The van der Waals surface area contributed by atoms with Crippen LogP contribution in [0.2, 0.25) is 0 Å². The van der Waals surface area contributed by atoms with Gasteiger partial charge in [-0.2, -0.15) is 0 Å². The van der Waals surface area contributed by atoms with Crippen LogP contribution in [0.15, 0.2) is 0 Å². The number of rotatable bonds is 0. The van der Waals surface area contributed by atoms with Crippen LogP contribution >= 0.6 is 0 Å². The second-order valence-electron chi connectivity index (χ2n) is 1.13. The van der Waals surface area contributed by atoms with Gasteiger partial charge in [-0.15, -0.1) is 30.7 Å². The molecule has 0 saturated heterocycles. The summed E-state index contributed by atoms with van der Waals surface area (Å²) in [5, 5.41) is 0. The van der Waals surface area contributed by atoms with Crippen molar-refractivity contribution >= 4 is 0 Å². The van der Waals surface area contributed by atoms with Crippen molar-refractivity contribution in [3.63, 3.8) is 0 Å². The van der Waals surface area contributed by atoms with E-state index in [1.807, 2.05) is 0 Å². The van der Waals surface area contributed by atoms with E-state index in [0.717, 1.165) is 0 Å². The Balaban J connectivity index is -0.0000000655. The molecule has 12 nitrogen and oxygen atoms in total. The van der Waals surface area contributed by atoms with Gasteiger partial charge in [-0.25, -0.2) is 55.9 Å². The molecule has 0 aliphatic rings. The van der Waals surface area contributed by atoms with E-state index >= 15 is 0 Å². The average Bonchev–Trinajstić information content (AvgIpc) is 1.41. The molecule has 0 bridgehead atoms. The number of halogens is 3. The second-order valence-corrected chi connectivity index (χ2v) is 3.40. The van der Waals surface area contributed by atoms with Gasteiger partial charge in [0.05, 0.1) is 0 Å². The van der Waals surface area contributed by atoms with E-state index in [4.69, 9.17) is 55.9 Å². The van der Waals surface area contributed by atoms with Crippen LogP contribution in [0.5, 0.6) is 0 Å². The third-order valence-corrected chi connectivity index (χ3v) is 0. The maximum absolute atomic E-state index is 8.49. The summed E-state index contributed by atoms with van der Waals surface area (Å²) in [5.41, 5.74) is 0. The van der Waals surface area contributed by atoms with Crippen LogP contribution in [0.4, 0.5) is 0 Å². The SMILES string of the molecule is [Ce+3].[O-][Cl+3]([O-])([O-])[O-].[O-][Cl+3]([O-])([O-])[O-].[O-][Cl+3]([O-])([O-])[O-]. The van der Waals surface area contributed by atoms with Crippen LogP contribution in [0.1, 0.15) is 0 Å². The standard InChI is InChI=1S/Ce.3ClHO4/c;3*2-1(3,4)5/h;3*(H,2,3,4,5)/q+3;;;/p-3. The molecular weight excluding hydrogens is 438 g/mol. The first-order valence-electron chi connectivity index (χ1n) is 1.85. The predicted molar refractivity (Wildman–Crippen MR) is 0 cm³/mol. The monoisotopic (exact) mass is 437 g/mol. The van der Waals surface area contributed by atoms with Crippen molar-refractivity contribution in [3.05, 3.63) is 0 Å². The van der Waals surface area contributed by atoms with E-state index in [-0.39, 0.29) is 41.7 Å². The summed E-state index contributed by atoms with van der Waals surface area (Å²) in [6.07, 6.45) is 0. The molecule has 0 aromatic rings. The maximum Gasteiger partial charge on any atom is 3.00 e.